The minimum Gasteiger partial charge on any atom is -0.354 e. The van der Waals surface area contributed by atoms with Gasteiger partial charge in [-0.1, -0.05) is 6.07 Å². The Kier molecular flexibility index (Phi) is 6.42. The summed E-state index contributed by atoms with van der Waals surface area (Å²) in [6, 6.07) is 11.3. The van der Waals surface area contributed by atoms with Gasteiger partial charge >= 0.3 is 0 Å². The first-order valence-electron chi connectivity index (χ1n) is 11.1. The van der Waals surface area contributed by atoms with Gasteiger partial charge in [-0.3, -0.25) is 14.6 Å². The zero-order valence-corrected chi connectivity index (χ0v) is 20.9. The van der Waals surface area contributed by atoms with Gasteiger partial charge in [-0.25, -0.2) is 9.97 Å². The van der Waals surface area contributed by atoms with Crippen LogP contribution in [0.3, 0.4) is 0 Å². The van der Waals surface area contributed by atoms with Gasteiger partial charge in [0.15, 0.2) is 5.82 Å². The standard InChI is InChI=1S/C24H23BrN6O2S/c1-26-23(32)18-12-17-19(13-28-18)31(22(30-17)16-7-2-3-10-27-16)15-6-4-5-14(11-15)29-24(33)20-8-9-21(25)34-20/h2-3,7-10,12-15H,4-6,11H2,1H3,(H,26,32)(H,29,33)/t14-,15+/m1/s1. The number of pyridine rings is 2. The molecule has 0 saturated heterocycles. The number of nitrogens with zero attached hydrogens (tertiary/aromatic N) is 4. The third-order valence-electron chi connectivity index (χ3n) is 6.07. The molecule has 0 spiro atoms. The second-order valence-corrected chi connectivity index (χ2v) is 10.7. The van der Waals surface area contributed by atoms with Gasteiger partial charge in [-0.15, -0.1) is 11.3 Å². The number of aromatic nitrogens is 4. The molecule has 10 heteroatoms. The van der Waals surface area contributed by atoms with Crippen LogP contribution in [0.2, 0.25) is 0 Å². The van der Waals surface area contributed by atoms with Crippen LogP contribution in [-0.2, 0) is 0 Å². The largest absolute Gasteiger partial charge is 0.354 e. The highest BCUT2D eigenvalue weighted by atomic mass is 79.9. The van der Waals surface area contributed by atoms with Crippen molar-refractivity contribution in [2.24, 2.45) is 0 Å². The van der Waals surface area contributed by atoms with E-state index in [1.165, 1.54) is 11.3 Å². The molecule has 0 bridgehead atoms. The Bertz CT molecular complexity index is 1350. The van der Waals surface area contributed by atoms with Gasteiger partial charge in [0.1, 0.15) is 11.4 Å². The number of carbonyl (C=O) groups excluding carboxylic acids is 2. The summed E-state index contributed by atoms with van der Waals surface area (Å²) >= 11 is 4.85. The Morgan fingerprint density at radius 1 is 1.15 bits per heavy atom. The molecule has 0 aromatic carbocycles. The number of amides is 2. The number of fused-ring (bicyclic) bond motifs is 1. The first-order chi connectivity index (χ1) is 16.5. The topological polar surface area (TPSA) is 102 Å². The van der Waals surface area contributed by atoms with E-state index >= 15 is 0 Å². The first-order valence-corrected chi connectivity index (χ1v) is 12.7. The number of halogens is 1. The maximum atomic E-state index is 12.8. The van der Waals surface area contributed by atoms with Gasteiger partial charge < -0.3 is 15.2 Å². The molecule has 2 amide bonds. The fourth-order valence-electron chi connectivity index (χ4n) is 4.51. The molecule has 5 rings (SSSR count). The van der Waals surface area contributed by atoms with Gasteiger partial charge in [0.25, 0.3) is 11.8 Å². The minimum atomic E-state index is -0.253. The number of imidazole rings is 1. The number of thiophene rings is 1. The molecule has 4 heterocycles. The van der Waals surface area contributed by atoms with Crippen LogP contribution in [0, 0.1) is 0 Å². The van der Waals surface area contributed by atoms with E-state index in [0.29, 0.717) is 16.1 Å². The first kappa shape index (κ1) is 22.7. The van der Waals surface area contributed by atoms with Crippen LogP contribution < -0.4 is 10.6 Å². The lowest BCUT2D eigenvalue weighted by molar-refractivity contribution is 0.0923. The molecule has 34 heavy (non-hydrogen) atoms. The smallest absolute Gasteiger partial charge is 0.269 e. The summed E-state index contributed by atoms with van der Waals surface area (Å²) in [5, 5.41) is 5.82. The van der Waals surface area contributed by atoms with Crippen molar-refractivity contribution in [2.45, 2.75) is 37.8 Å². The summed E-state index contributed by atoms with van der Waals surface area (Å²) in [4.78, 5) is 39.3. The Hall–Kier alpha value is -3.11. The van der Waals surface area contributed by atoms with Crippen LogP contribution in [0.4, 0.5) is 0 Å². The summed E-state index contributed by atoms with van der Waals surface area (Å²) in [6.45, 7) is 0. The van der Waals surface area contributed by atoms with Crippen molar-refractivity contribution in [1.82, 2.24) is 30.2 Å². The summed E-state index contributed by atoms with van der Waals surface area (Å²) in [6.07, 6.45) is 7.11. The minimum absolute atomic E-state index is 0.0429. The van der Waals surface area contributed by atoms with Gasteiger partial charge in [0.05, 0.1) is 25.9 Å². The second-order valence-electron chi connectivity index (χ2n) is 8.25. The highest BCUT2D eigenvalue weighted by Gasteiger charge is 2.29. The molecule has 0 unspecified atom stereocenters. The van der Waals surface area contributed by atoms with E-state index in [1.807, 2.05) is 30.3 Å². The highest BCUT2D eigenvalue weighted by molar-refractivity contribution is 9.11. The molecule has 0 radical (unpaired) electrons. The van der Waals surface area contributed by atoms with E-state index in [1.54, 1.807) is 25.5 Å². The summed E-state index contributed by atoms with van der Waals surface area (Å²) in [7, 11) is 1.58. The SMILES string of the molecule is CNC(=O)c1cc2nc(-c3ccccn3)n([C@H]3CCC[C@@H](NC(=O)c4ccc(Br)s4)C3)c2cn1. The predicted octanol–water partition coefficient (Wildman–Crippen LogP) is 4.59. The van der Waals surface area contributed by atoms with Gasteiger partial charge in [-0.05, 0) is 71.9 Å². The Balaban J connectivity index is 1.49. The number of rotatable bonds is 5. The van der Waals surface area contributed by atoms with Crippen molar-refractivity contribution in [3.8, 4) is 11.5 Å². The zero-order valence-electron chi connectivity index (χ0n) is 18.5. The maximum absolute atomic E-state index is 12.8. The van der Waals surface area contributed by atoms with Crippen molar-refractivity contribution in [2.75, 3.05) is 7.05 Å². The molecule has 8 nitrogen and oxygen atoms in total. The van der Waals surface area contributed by atoms with Gasteiger partial charge in [0, 0.05) is 25.3 Å². The molecule has 1 aliphatic rings. The molecule has 4 aromatic heterocycles. The molecule has 0 aliphatic heterocycles. The van der Waals surface area contributed by atoms with Crippen LogP contribution in [0.5, 0.6) is 0 Å². The Labute approximate surface area is 209 Å². The molecule has 1 saturated carbocycles. The van der Waals surface area contributed by atoms with Crippen LogP contribution in [0.15, 0.2) is 52.6 Å². The number of hydrogen-bond acceptors (Lipinski definition) is 6. The van der Waals surface area contributed by atoms with Crippen molar-refractivity contribution in [1.29, 1.82) is 0 Å². The van der Waals surface area contributed by atoms with Crippen LogP contribution in [-0.4, -0.2) is 44.4 Å². The monoisotopic (exact) mass is 538 g/mol. The van der Waals surface area contributed by atoms with E-state index in [0.717, 1.165) is 46.5 Å². The molecule has 1 fully saturated rings. The average molecular weight is 539 g/mol. The summed E-state index contributed by atoms with van der Waals surface area (Å²) in [5.41, 5.74) is 2.63. The molecule has 2 atom stereocenters. The predicted molar refractivity (Wildman–Crippen MR) is 135 cm³/mol. The fourth-order valence-corrected chi connectivity index (χ4v) is 5.80. The molecule has 2 N–H and O–H groups in total. The lowest BCUT2D eigenvalue weighted by atomic mass is 9.90. The van der Waals surface area contributed by atoms with E-state index < -0.39 is 0 Å². The van der Waals surface area contributed by atoms with Gasteiger partial charge in [0.2, 0.25) is 0 Å². The third-order valence-corrected chi connectivity index (χ3v) is 7.70. The zero-order chi connectivity index (χ0) is 23.7. The van der Waals surface area contributed by atoms with E-state index in [4.69, 9.17) is 4.98 Å². The fraction of sp³-hybridized carbons (Fsp3) is 0.292. The summed E-state index contributed by atoms with van der Waals surface area (Å²) in [5.74, 6) is 0.445. The van der Waals surface area contributed by atoms with Crippen molar-refractivity contribution in [3.63, 3.8) is 0 Å². The van der Waals surface area contributed by atoms with Crippen LogP contribution in [0.25, 0.3) is 22.6 Å². The van der Waals surface area contributed by atoms with Crippen LogP contribution >= 0.6 is 27.3 Å². The summed E-state index contributed by atoms with van der Waals surface area (Å²) < 4.78 is 3.12. The second kappa shape index (κ2) is 9.63. The van der Waals surface area contributed by atoms with E-state index in [-0.39, 0.29) is 23.9 Å². The maximum Gasteiger partial charge on any atom is 0.269 e. The van der Waals surface area contributed by atoms with Crippen molar-refractivity contribution in [3.05, 3.63) is 63.1 Å². The highest BCUT2D eigenvalue weighted by Crippen LogP contribution is 2.36. The molecule has 1 aliphatic carbocycles. The third kappa shape index (κ3) is 4.47. The molecular weight excluding hydrogens is 516 g/mol. The molecular formula is C24H23BrN6O2S. The Morgan fingerprint density at radius 3 is 2.76 bits per heavy atom. The Morgan fingerprint density at radius 2 is 2.03 bits per heavy atom. The number of nitrogens with one attached hydrogen (secondary N) is 2. The number of hydrogen-bond donors (Lipinski definition) is 2. The van der Waals surface area contributed by atoms with E-state index in [9.17, 15) is 9.59 Å². The van der Waals surface area contributed by atoms with Crippen molar-refractivity contribution < 1.29 is 9.59 Å². The normalized spacial score (nSPS) is 18.1. The van der Waals surface area contributed by atoms with Crippen molar-refractivity contribution >= 4 is 50.1 Å². The lowest BCUT2D eigenvalue weighted by Gasteiger charge is -2.31. The number of carbonyl (C=O) groups is 2. The van der Waals surface area contributed by atoms with Crippen LogP contribution in [0.1, 0.15) is 51.9 Å². The molecule has 174 valence electrons. The van der Waals surface area contributed by atoms with E-state index in [2.05, 4.69) is 41.1 Å². The molecule has 4 aromatic rings. The quantitative estimate of drug-likeness (QED) is 0.386. The lowest BCUT2D eigenvalue weighted by Crippen LogP contribution is -2.38. The van der Waals surface area contributed by atoms with Gasteiger partial charge in [-0.2, -0.15) is 0 Å². The average Bonchev–Trinajstić information content (AvgIpc) is 3.47.